The smallest absolute Gasteiger partial charge is 0.273 e. The van der Waals surface area contributed by atoms with Crippen LogP contribution in [0.3, 0.4) is 0 Å². The van der Waals surface area contributed by atoms with Gasteiger partial charge in [0.1, 0.15) is 18.4 Å². The van der Waals surface area contributed by atoms with E-state index in [9.17, 15) is 0 Å². The molecular weight excluding hydrogens is 196 g/mol. The van der Waals surface area contributed by atoms with Gasteiger partial charge >= 0.3 is 0 Å². The summed E-state index contributed by atoms with van der Waals surface area (Å²) in [6, 6.07) is 0. The summed E-state index contributed by atoms with van der Waals surface area (Å²) in [5.41, 5.74) is 0. The summed E-state index contributed by atoms with van der Waals surface area (Å²) in [7, 11) is 7.72. The molecule has 0 aromatic heterocycles. The lowest BCUT2D eigenvalue weighted by Crippen LogP contribution is -2.18. The summed E-state index contributed by atoms with van der Waals surface area (Å²) >= 11 is 10.8. The maximum Gasteiger partial charge on any atom is 0.273 e. The Morgan fingerprint density at radius 2 is 1.91 bits per heavy atom. The van der Waals surface area contributed by atoms with Crippen LogP contribution in [0.15, 0.2) is 0 Å². The molecule has 0 aromatic carbocycles. The molecule has 0 spiro atoms. The van der Waals surface area contributed by atoms with Crippen LogP contribution in [0, 0.1) is 0 Å². The summed E-state index contributed by atoms with van der Waals surface area (Å²) in [6.45, 7) is 0. The van der Waals surface area contributed by atoms with Gasteiger partial charge < -0.3 is 4.90 Å². The van der Waals surface area contributed by atoms with E-state index in [0.29, 0.717) is 0 Å². The maximum atomic E-state index is 5.07. The highest BCUT2D eigenvalue weighted by Crippen LogP contribution is 2.10. The second kappa shape index (κ2) is 5.00. The molecule has 2 nitrogen and oxygen atoms in total. The Hall–Kier alpha value is 0.260. The third-order valence-corrected chi connectivity index (χ3v) is 3.30. The van der Waals surface area contributed by atoms with E-state index in [1.54, 1.807) is 0 Å². The van der Waals surface area contributed by atoms with E-state index < -0.39 is 0 Å². The predicted octanol–water partition coefficient (Wildman–Crippen LogP) is 1.12. The number of thiocarbonyl (C=S) groups is 1. The van der Waals surface area contributed by atoms with Crippen molar-refractivity contribution < 1.29 is 4.58 Å². The van der Waals surface area contributed by atoms with Crippen LogP contribution in [0.4, 0.5) is 0 Å². The van der Waals surface area contributed by atoms with Gasteiger partial charge in [-0.3, -0.25) is 0 Å². The van der Waals surface area contributed by atoms with Gasteiger partial charge in [0.25, 0.3) is 4.38 Å². The Bertz CT molecular complexity index is 182. The first-order valence-electron chi connectivity index (χ1n) is 3.07. The van der Waals surface area contributed by atoms with Crippen molar-refractivity contribution in [1.29, 1.82) is 0 Å². The van der Waals surface area contributed by atoms with Crippen LogP contribution < -0.4 is 0 Å². The highest BCUT2D eigenvalue weighted by atomic mass is 32.2. The summed E-state index contributed by atoms with van der Waals surface area (Å²) < 4.78 is 3.65. The quantitative estimate of drug-likeness (QED) is 0.210. The van der Waals surface area contributed by atoms with Crippen LogP contribution in [0.2, 0.25) is 0 Å². The lowest BCUT2D eigenvalue weighted by atomic mass is 11.0. The van der Waals surface area contributed by atoms with E-state index in [1.165, 1.54) is 11.8 Å². The monoisotopic (exact) mass is 209 g/mol. The van der Waals surface area contributed by atoms with Crippen LogP contribution in [-0.2, 0) is 0 Å². The van der Waals surface area contributed by atoms with Crippen molar-refractivity contribution in [3.05, 3.63) is 0 Å². The van der Waals surface area contributed by atoms with Crippen LogP contribution >= 0.6 is 36.6 Å². The fourth-order valence-corrected chi connectivity index (χ4v) is 1.46. The van der Waals surface area contributed by atoms with Gasteiger partial charge in [-0.1, -0.05) is 24.8 Å². The molecule has 0 aromatic rings. The number of thiol groups is 1. The highest BCUT2D eigenvalue weighted by Gasteiger charge is 2.08. The van der Waals surface area contributed by atoms with Gasteiger partial charge in [-0.25, -0.2) is 4.58 Å². The first kappa shape index (κ1) is 11.3. The maximum absolute atomic E-state index is 5.07. The Morgan fingerprint density at radius 3 is 2.18 bits per heavy atom. The van der Waals surface area contributed by atoms with Crippen LogP contribution in [0.5, 0.6) is 0 Å². The van der Waals surface area contributed by atoms with Crippen molar-refractivity contribution in [2.24, 2.45) is 0 Å². The molecule has 64 valence electrons. The fourth-order valence-electron chi connectivity index (χ4n) is 0.261. The minimum atomic E-state index is 0.823. The summed E-state index contributed by atoms with van der Waals surface area (Å²) in [4.78, 5) is 1.89. The minimum Gasteiger partial charge on any atom is -0.363 e. The standard InChI is InChI=1S/C6H12N2S3/c1-7(2)5(9)11-6(10)8(3)4/h1-4H3/p+1. The zero-order valence-corrected chi connectivity index (χ0v) is 9.69. The lowest BCUT2D eigenvalue weighted by Gasteiger charge is -2.10. The van der Waals surface area contributed by atoms with Gasteiger partial charge in [-0.2, -0.15) is 0 Å². The normalized spacial score (nSPS) is 9.18. The second-order valence-corrected chi connectivity index (χ2v) is 4.79. The minimum absolute atomic E-state index is 0.823. The zero-order valence-electron chi connectivity index (χ0n) is 7.16. The van der Waals surface area contributed by atoms with Crippen LogP contribution in [-0.4, -0.2) is 46.4 Å². The molecule has 0 fully saturated rings. The summed E-state index contributed by atoms with van der Waals surface area (Å²) in [5.74, 6) is 0. The highest BCUT2D eigenvalue weighted by molar-refractivity contribution is 8.43. The van der Waals surface area contributed by atoms with E-state index in [4.69, 9.17) is 12.2 Å². The Labute approximate surface area is 83.1 Å². The molecule has 0 saturated carbocycles. The first-order chi connectivity index (χ1) is 4.95. The largest absolute Gasteiger partial charge is 0.363 e. The third kappa shape index (κ3) is 4.66. The molecule has 0 radical (unpaired) electrons. The average Bonchev–Trinajstić information content (AvgIpc) is 1.87. The van der Waals surface area contributed by atoms with Gasteiger partial charge in [0.2, 0.25) is 0 Å². The molecule has 5 heteroatoms. The molecule has 0 heterocycles. The van der Waals surface area contributed by atoms with Crippen molar-refractivity contribution in [2.45, 2.75) is 0 Å². The first-order valence-corrected chi connectivity index (χ1v) is 4.74. The van der Waals surface area contributed by atoms with Crippen LogP contribution in [0.25, 0.3) is 0 Å². The van der Waals surface area contributed by atoms with Gasteiger partial charge in [0, 0.05) is 25.9 Å². The van der Waals surface area contributed by atoms with Gasteiger partial charge in [0.15, 0.2) is 0 Å². The lowest BCUT2D eigenvalue weighted by molar-refractivity contribution is -0.458. The molecule has 0 rings (SSSR count). The zero-order chi connectivity index (χ0) is 9.02. The van der Waals surface area contributed by atoms with Crippen LogP contribution in [0.1, 0.15) is 0 Å². The van der Waals surface area contributed by atoms with Crippen molar-refractivity contribution in [2.75, 3.05) is 28.2 Å². The molecule has 0 aliphatic heterocycles. The molecular formula is C6H13N2S3+. The SMILES string of the molecule is CN(C)C(=S)SC(S)=[N+](C)C. The Kier molecular flexibility index (Phi) is 5.12. The Morgan fingerprint density at radius 1 is 1.45 bits per heavy atom. The van der Waals surface area contributed by atoms with Crippen molar-refractivity contribution >= 4 is 45.3 Å². The molecule has 0 aliphatic rings. The third-order valence-electron chi connectivity index (χ3n) is 0.926. The number of hydrogen-bond acceptors (Lipinski definition) is 2. The molecule has 0 saturated heterocycles. The van der Waals surface area contributed by atoms with E-state index >= 15 is 0 Å². The molecule has 0 amide bonds. The van der Waals surface area contributed by atoms with Crippen molar-refractivity contribution in [3.63, 3.8) is 0 Å². The predicted molar refractivity (Wildman–Crippen MR) is 60.0 cm³/mol. The van der Waals surface area contributed by atoms with E-state index in [-0.39, 0.29) is 0 Å². The summed E-state index contributed by atoms with van der Waals surface area (Å²) in [6.07, 6.45) is 0. The van der Waals surface area contributed by atoms with E-state index in [0.717, 1.165) is 8.70 Å². The van der Waals surface area contributed by atoms with Gasteiger partial charge in [-0.05, 0) is 0 Å². The molecule has 0 bridgehead atoms. The topological polar surface area (TPSA) is 6.25 Å². The number of rotatable bonds is 0. The second-order valence-electron chi connectivity index (χ2n) is 2.44. The number of hydrogen-bond donors (Lipinski definition) is 1. The van der Waals surface area contributed by atoms with Crippen molar-refractivity contribution in [3.8, 4) is 0 Å². The van der Waals surface area contributed by atoms with Crippen molar-refractivity contribution in [1.82, 2.24) is 4.90 Å². The number of nitrogens with zero attached hydrogens (tertiary/aromatic N) is 2. The molecule has 0 aliphatic carbocycles. The number of thioether (sulfide) groups is 1. The summed E-state index contributed by atoms with van der Waals surface area (Å²) in [5, 5.41) is 0. The van der Waals surface area contributed by atoms with E-state index in [2.05, 4.69) is 12.6 Å². The van der Waals surface area contributed by atoms with Gasteiger partial charge in [0.05, 0.1) is 0 Å². The van der Waals surface area contributed by atoms with Gasteiger partial charge in [-0.15, -0.1) is 0 Å². The molecule has 11 heavy (non-hydrogen) atoms. The van der Waals surface area contributed by atoms with E-state index in [1.807, 2.05) is 37.7 Å². The fraction of sp³-hybridized carbons (Fsp3) is 0.667. The molecule has 0 N–H and O–H groups in total. The molecule has 0 unspecified atom stereocenters. The average molecular weight is 209 g/mol. The Balaban J connectivity index is 4.07. The molecule has 0 atom stereocenters.